The maximum Gasteiger partial charge on any atom is 0.320 e. The molecule has 0 saturated carbocycles. The van der Waals surface area contributed by atoms with Crippen molar-refractivity contribution in [3.63, 3.8) is 0 Å². The number of benzene rings is 1. The van der Waals surface area contributed by atoms with Gasteiger partial charge in [-0.3, -0.25) is 9.69 Å². The number of carboxylic acid groups (broad SMARTS) is 1. The summed E-state index contributed by atoms with van der Waals surface area (Å²) in [5.74, 6) is -0.703. The SMILES string of the molecule is CC(C(=O)O)N1CCCC2(CCCc3ccccc32)C1. The Morgan fingerprint density at radius 3 is 2.85 bits per heavy atom. The van der Waals surface area contributed by atoms with Crippen molar-refractivity contribution >= 4 is 5.97 Å². The highest BCUT2D eigenvalue weighted by Crippen LogP contribution is 2.43. The Labute approximate surface area is 120 Å². The minimum atomic E-state index is -0.703. The van der Waals surface area contributed by atoms with E-state index in [9.17, 15) is 9.90 Å². The number of aliphatic carboxylic acids is 1. The summed E-state index contributed by atoms with van der Waals surface area (Å²) in [4.78, 5) is 13.4. The van der Waals surface area contributed by atoms with E-state index in [1.54, 1.807) is 0 Å². The van der Waals surface area contributed by atoms with Crippen molar-refractivity contribution < 1.29 is 9.90 Å². The van der Waals surface area contributed by atoms with Gasteiger partial charge in [-0.1, -0.05) is 24.3 Å². The minimum absolute atomic E-state index is 0.191. The van der Waals surface area contributed by atoms with E-state index in [1.165, 1.54) is 36.8 Å². The highest BCUT2D eigenvalue weighted by Gasteiger charge is 2.41. The van der Waals surface area contributed by atoms with E-state index in [2.05, 4.69) is 29.2 Å². The second-order valence-corrected chi connectivity index (χ2v) is 6.38. The number of likely N-dealkylation sites (tertiary alicyclic amines) is 1. The molecule has 1 aliphatic heterocycles. The Hall–Kier alpha value is -1.35. The van der Waals surface area contributed by atoms with Gasteiger partial charge in [0.05, 0.1) is 0 Å². The molecule has 2 atom stereocenters. The third-order valence-corrected chi connectivity index (χ3v) is 5.20. The van der Waals surface area contributed by atoms with Crippen LogP contribution >= 0.6 is 0 Å². The molecule has 1 saturated heterocycles. The fourth-order valence-corrected chi connectivity index (χ4v) is 4.09. The van der Waals surface area contributed by atoms with Gasteiger partial charge in [0.25, 0.3) is 0 Å². The van der Waals surface area contributed by atoms with Gasteiger partial charge >= 0.3 is 5.97 Å². The van der Waals surface area contributed by atoms with Crippen LogP contribution in [0.25, 0.3) is 0 Å². The van der Waals surface area contributed by atoms with Crippen LogP contribution in [0.5, 0.6) is 0 Å². The maximum atomic E-state index is 11.3. The van der Waals surface area contributed by atoms with E-state index in [1.807, 2.05) is 6.92 Å². The lowest BCUT2D eigenvalue weighted by Gasteiger charge is -2.47. The molecular weight excluding hydrogens is 250 g/mol. The van der Waals surface area contributed by atoms with E-state index in [4.69, 9.17) is 0 Å². The molecule has 1 N–H and O–H groups in total. The van der Waals surface area contributed by atoms with E-state index in [-0.39, 0.29) is 11.5 Å². The zero-order chi connectivity index (χ0) is 14.2. The molecule has 0 amide bonds. The number of aryl methyl sites for hydroxylation is 1. The summed E-state index contributed by atoms with van der Waals surface area (Å²) in [6.45, 7) is 3.63. The molecule has 1 aliphatic carbocycles. The summed E-state index contributed by atoms with van der Waals surface area (Å²) in [5, 5.41) is 9.27. The molecule has 3 heteroatoms. The fraction of sp³-hybridized carbons (Fsp3) is 0.588. The number of carbonyl (C=O) groups is 1. The predicted octanol–water partition coefficient (Wildman–Crippen LogP) is 2.83. The van der Waals surface area contributed by atoms with Crippen LogP contribution in [0.3, 0.4) is 0 Å². The molecule has 1 heterocycles. The van der Waals surface area contributed by atoms with Crippen LogP contribution in [0.4, 0.5) is 0 Å². The van der Waals surface area contributed by atoms with Gasteiger partial charge in [0.1, 0.15) is 6.04 Å². The van der Waals surface area contributed by atoms with Crippen molar-refractivity contribution in [1.29, 1.82) is 0 Å². The van der Waals surface area contributed by atoms with Crippen LogP contribution in [-0.2, 0) is 16.6 Å². The number of piperidine rings is 1. The molecule has 2 aliphatic rings. The van der Waals surface area contributed by atoms with Gasteiger partial charge in [-0.15, -0.1) is 0 Å². The molecule has 20 heavy (non-hydrogen) atoms. The number of hydrogen-bond acceptors (Lipinski definition) is 2. The lowest BCUT2D eigenvalue weighted by atomic mass is 9.65. The Morgan fingerprint density at radius 2 is 2.05 bits per heavy atom. The largest absolute Gasteiger partial charge is 0.480 e. The standard InChI is InChI=1S/C17H23NO2/c1-13(16(19)20)18-11-5-10-17(12-18)9-4-7-14-6-2-3-8-15(14)17/h2-3,6,8,13H,4-5,7,9-12H2,1H3,(H,19,20). The summed E-state index contributed by atoms with van der Waals surface area (Å²) in [6.07, 6.45) is 5.91. The molecule has 1 aromatic rings. The summed E-state index contributed by atoms with van der Waals surface area (Å²) in [6, 6.07) is 8.39. The second kappa shape index (κ2) is 5.21. The molecule has 2 unspecified atom stereocenters. The molecule has 1 spiro atoms. The Bertz CT molecular complexity index is 513. The first-order valence-electron chi connectivity index (χ1n) is 7.68. The molecule has 1 aromatic carbocycles. The molecule has 0 bridgehead atoms. The van der Waals surface area contributed by atoms with Crippen LogP contribution in [0, 0.1) is 0 Å². The first-order chi connectivity index (χ1) is 9.62. The molecule has 0 radical (unpaired) electrons. The lowest BCUT2D eigenvalue weighted by molar-refractivity contribution is -0.143. The van der Waals surface area contributed by atoms with E-state index in [0.29, 0.717) is 0 Å². The molecule has 0 aromatic heterocycles. The molecule has 3 rings (SSSR count). The van der Waals surface area contributed by atoms with Crippen LogP contribution in [-0.4, -0.2) is 35.1 Å². The zero-order valence-electron chi connectivity index (χ0n) is 12.1. The summed E-state index contributed by atoms with van der Waals surface area (Å²) in [5.41, 5.74) is 3.15. The third kappa shape index (κ3) is 2.24. The number of carboxylic acids is 1. The van der Waals surface area contributed by atoms with Gasteiger partial charge < -0.3 is 5.11 Å². The molecule has 108 valence electrons. The number of hydrogen-bond donors (Lipinski definition) is 1. The van der Waals surface area contributed by atoms with Crippen molar-refractivity contribution in [2.24, 2.45) is 0 Å². The molecule has 1 fully saturated rings. The topological polar surface area (TPSA) is 40.5 Å². The highest BCUT2D eigenvalue weighted by atomic mass is 16.4. The third-order valence-electron chi connectivity index (χ3n) is 5.20. The minimum Gasteiger partial charge on any atom is -0.480 e. The van der Waals surface area contributed by atoms with Gasteiger partial charge in [0, 0.05) is 12.0 Å². The lowest BCUT2D eigenvalue weighted by Crippen LogP contribution is -2.52. The first kappa shape index (κ1) is 13.6. The van der Waals surface area contributed by atoms with Crippen molar-refractivity contribution in [3.05, 3.63) is 35.4 Å². The van der Waals surface area contributed by atoms with Crippen LogP contribution < -0.4 is 0 Å². The predicted molar refractivity (Wildman–Crippen MR) is 79.0 cm³/mol. The van der Waals surface area contributed by atoms with E-state index >= 15 is 0 Å². The molecule has 3 nitrogen and oxygen atoms in total. The average molecular weight is 273 g/mol. The smallest absolute Gasteiger partial charge is 0.320 e. The monoisotopic (exact) mass is 273 g/mol. The van der Waals surface area contributed by atoms with Gasteiger partial charge in [-0.25, -0.2) is 0 Å². The zero-order valence-corrected chi connectivity index (χ0v) is 12.1. The number of fused-ring (bicyclic) bond motifs is 2. The normalized spacial score (nSPS) is 28.1. The van der Waals surface area contributed by atoms with Crippen molar-refractivity contribution in [2.75, 3.05) is 13.1 Å². The quantitative estimate of drug-likeness (QED) is 0.900. The number of rotatable bonds is 2. The average Bonchev–Trinajstić information content (AvgIpc) is 2.47. The number of nitrogens with zero attached hydrogens (tertiary/aromatic N) is 1. The van der Waals surface area contributed by atoms with Crippen LogP contribution in [0.15, 0.2) is 24.3 Å². The first-order valence-corrected chi connectivity index (χ1v) is 7.68. The van der Waals surface area contributed by atoms with Crippen molar-refractivity contribution in [2.45, 2.75) is 50.5 Å². The Balaban J connectivity index is 1.91. The maximum absolute atomic E-state index is 11.3. The van der Waals surface area contributed by atoms with Gasteiger partial charge in [-0.2, -0.15) is 0 Å². The van der Waals surface area contributed by atoms with Crippen LogP contribution in [0.1, 0.15) is 43.7 Å². The van der Waals surface area contributed by atoms with Gasteiger partial charge in [0.15, 0.2) is 0 Å². The summed E-state index contributed by atoms with van der Waals surface area (Å²) >= 11 is 0. The van der Waals surface area contributed by atoms with E-state index in [0.717, 1.165) is 19.5 Å². The van der Waals surface area contributed by atoms with E-state index < -0.39 is 5.97 Å². The van der Waals surface area contributed by atoms with Gasteiger partial charge in [0.2, 0.25) is 0 Å². The second-order valence-electron chi connectivity index (χ2n) is 6.38. The summed E-state index contributed by atoms with van der Waals surface area (Å²) < 4.78 is 0. The van der Waals surface area contributed by atoms with Crippen molar-refractivity contribution in [1.82, 2.24) is 4.90 Å². The Morgan fingerprint density at radius 1 is 1.30 bits per heavy atom. The van der Waals surface area contributed by atoms with Crippen LogP contribution in [0.2, 0.25) is 0 Å². The highest BCUT2D eigenvalue weighted by molar-refractivity contribution is 5.72. The summed E-state index contributed by atoms with van der Waals surface area (Å²) in [7, 11) is 0. The Kier molecular flexibility index (Phi) is 3.55. The van der Waals surface area contributed by atoms with Gasteiger partial charge in [-0.05, 0) is 56.7 Å². The fourth-order valence-electron chi connectivity index (χ4n) is 4.09. The molecular formula is C17H23NO2. The van der Waals surface area contributed by atoms with Crippen molar-refractivity contribution in [3.8, 4) is 0 Å².